The maximum atomic E-state index is 11.1. The van der Waals surface area contributed by atoms with Crippen molar-refractivity contribution in [2.75, 3.05) is 7.11 Å². The Kier molecular flexibility index (Phi) is 3.23. The predicted molar refractivity (Wildman–Crippen MR) is 64.5 cm³/mol. The van der Waals surface area contributed by atoms with Crippen LogP contribution in [0.3, 0.4) is 0 Å². The molecule has 2 aromatic rings. The van der Waals surface area contributed by atoms with Gasteiger partial charge in [-0.15, -0.1) is 0 Å². The Morgan fingerprint density at radius 3 is 2.88 bits per heavy atom. The zero-order valence-electron chi connectivity index (χ0n) is 9.86. The van der Waals surface area contributed by atoms with E-state index in [1.165, 1.54) is 12.7 Å². The molecule has 1 heterocycles. The van der Waals surface area contributed by atoms with Crippen LogP contribution >= 0.6 is 0 Å². The molecule has 0 spiro atoms. The van der Waals surface area contributed by atoms with Gasteiger partial charge >= 0.3 is 5.97 Å². The van der Waals surface area contributed by atoms with Gasteiger partial charge in [0.1, 0.15) is 12.2 Å². The molecule has 0 bridgehead atoms. The van der Waals surface area contributed by atoms with Crippen molar-refractivity contribution in [3.05, 3.63) is 41.9 Å². The van der Waals surface area contributed by atoms with Crippen LogP contribution in [0.1, 0.15) is 11.4 Å². The summed E-state index contributed by atoms with van der Waals surface area (Å²) in [5.41, 5.74) is 3.18. The highest BCUT2D eigenvalue weighted by Gasteiger charge is 2.08. The molecule has 0 unspecified atom stereocenters. The lowest BCUT2D eigenvalue weighted by Crippen LogP contribution is -2.05. The fourth-order valence-corrected chi connectivity index (χ4v) is 1.67. The number of methoxy groups -OCH3 is 1. The minimum Gasteiger partial charge on any atom is -0.469 e. The standard InChI is InChI=1S/C13H14N2O2/c1-9-5-3-4-6-10(9)11-8-14-12(15-11)7-13(16)17-2/h3-6,8H,7H2,1-2H3,(H,14,15). The van der Waals surface area contributed by atoms with Crippen molar-refractivity contribution in [2.45, 2.75) is 13.3 Å². The molecule has 4 heteroatoms. The van der Waals surface area contributed by atoms with E-state index in [0.29, 0.717) is 5.82 Å². The quantitative estimate of drug-likeness (QED) is 0.821. The minimum atomic E-state index is -0.296. The lowest BCUT2D eigenvalue weighted by atomic mass is 10.1. The summed E-state index contributed by atoms with van der Waals surface area (Å²) in [5.74, 6) is 0.325. The number of nitrogens with one attached hydrogen (secondary N) is 1. The van der Waals surface area contributed by atoms with Gasteiger partial charge in [-0.1, -0.05) is 24.3 Å². The highest BCUT2D eigenvalue weighted by atomic mass is 16.5. The van der Waals surface area contributed by atoms with E-state index >= 15 is 0 Å². The molecular formula is C13H14N2O2. The topological polar surface area (TPSA) is 55.0 Å². The number of hydrogen-bond acceptors (Lipinski definition) is 3. The average molecular weight is 230 g/mol. The summed E-state index contributed by atoms with van der Waals surface area (Å²) in [6.07, 6.45) is 1.91. The van der Waals surface area contributed by atoms with E-state index in [0.717, 1.165) is 11.3 Å². The summed E-state index contributed by atoms with van der Waals surface area (Å²) in [7, 11) is 1.37. The maximum Gasteiger partial charge on any atom is 0.313 e. The van der Waals surface area contributed by atoms with Crippen molar-refractivity contribution in [1.82, 2.24) is 9.97 Å². The van der Waals surface area contributed by atoms with Gasteiger partial charge in [-0.3, -0.25) is 4.79 Å². The van der Waals surface area contributed by atoms with Gasteiger partial charge in [-0.25, -0.2) is 4.98 Å². The van der Waals surface area contributed by atoms with Gasteiger partial charge < -0.3 is 9.72 Å². The molecule has 0 aliphatic rings. The molecule has 0 saturated carbocycles. The lowest BCUT2D eigenvalue weighted by Gasteiger charge is -2.01. The molecule has 2 rings (SSSR count). The van der Waals surface area contributed by atoms with E-state index in [1.54, 1.807) is 6.20 Å². The molecule has 88 valence electrons. The van der Waals surface area contributed by atoms with Gasteiger partial charge in [-0.2, -0.15) is 0 Å². The van der Waals surface area contributed by atoms with Crippen LogP contribution in [0.5, 0.6) is 0 Å². The van der Waals surface area contributed by atoms with E-state index in [4.69, 9.17) is 0 Å². The fraction of sp³-hybridized carbons (Fsp3) is 0.231. The first-order valence-electron chi connectivity index (χ1n) is 5.37. The molecule has 17 heavy (non-hydrogen) atoms. The van der Waals surface area contributed by atoms with Gasteiger partial charge in [0, 0.05) is 5.56 Å². The molecule has 4 nitrogen and oxygen atoms in total. The van der Waals surface area contributed by atoms with Crippen LogP contribution in [0.15, 0.2) is 30.5 Å². The van der Waals surface area contributed by atoms with Crippen LogP contribution in [0.4, 0.5) is 0 Å². The average Bonchev–Trinajstić information content (AvgIpc) is 2.78. The van der Waals surface area contributed by atoms with Crippen LogP contribution in [0, 0.1) is 6.92 Å². The van der Waals surface area contributed by atoms with Crippen molar-refractivity contribution in [1.29, 1.82) is 0 Å². The van der Waals surface area contributed by atoms with Crippen LogP contribution in [0.2, 0.25) is 0 Å². The van der Waals surface area contributed by atoms with Gasteiger partial charge in [0.05, 0.1) is 19.0 Å². The number of ether oxygens (including phenoxy) is 1. The number of imidazole rings is 1. The number of benzene rings is 1. The van der Waals surface area contributed by atoms with Crippen molar-refractivity contribution in [3.63, 3.8) is 0 Å². The zero-order valence-corrected chi connectivity index (χ0v) is 9.86. The fourth-order valence-electron chi connectivity index (χ4n) is 1.67. The third kappa shape index (κ3) is 2.53. The number of aryl methyl sites for hydroxylation is 1. The molecule has 0 fully saturated rings. The normalized spacial score (nSPS) is 10.2. The molecule has 1 N–H and O–H groups in total. The van der Waals surface area contributed by atoms with Crippen LogP contribution < -0.4 is 0 Å². The SMILES string of the molecule is COC(=O)Cc1ncc(-c2ccccc2C)[nH]1. The molecule has 0 amide bonds. The van der Waals surface area contributed by atoms with E-state index in [2.05, 4.69) is 14.7 Å². The van der Waals surface area contributed by atoms with E-state index in [-0.39, 0.29) is 12.4 Å². The largest absolute Gasteiger partial charge is 0.469 e. The van der Waals surface area contributed by atoms with Gasteiger partial charge in [-0.05, 0) is 12.5 Å². The minimum absolute atomic E-state index is 0.169. The van der Waals surface area contributed by atoms with Gasteiger partial charge in [0.15, 0.2) is 0 Å². The number of carbonyl (C=O) groups excluding carboxylic acids is 1. The molecule has 0 radical (unpaired) electrons. The first-order valence-corrected chi connectivity index (χ1v) is 5.37. The van der Waals surface area contributed by atoms with Crippen molar-refractivity contribution < 1.29 is 9.53 Å². The Morgan fingerprint density at radius 2 is 2.18 bits per heavy atom. The summed E-state index contributed by atoms with van der Waals surface area (Å²) in [6, 6.07) is 8.02. The number of aromatic amines is 1. The highest BCUT2D eigenvalue weighted by Crippen LogP contribution is 2.20. The summed E-state index contributed by atoms with van der Waals surface area (Å²) < 4.78 is 4.59. The molecule has 0 atom stereocenters. The number of nitrogens with zero attached hydrogens (tertiary/aromatic N) is 1. The Labute approximate surface area is 99.7 Å². The smallest absolute Gasteiger partial charge is 0.313 e. The Balaban J connectivity index is 2.24. The Morgan fingerprint density at radius 1 is 1.41 bits per heavy atom. The van der Waals surface area contributed by atoms with Crippen LogP contribution in [-0.4, -0.2) is 23.0 Å². The summed E-state index contributed by atoms with van der Waals surface area (Å²) in [6.45, 7) is 2.04. The molecule has 1 aromatic heterocycles. The molecule has 0 saturated heterocycles. The Hall–Kier alpha value is -2.10. The highest BCUT2D eigenvalue weighted by molar-refractivity contribution is 5.72. The van der Waals surface area contributed by atoms with Crippen LogP contribution in [0.25, 0.3) is 11.3 Å². The van der Waals surface area contributed by atoms with Crippen molar-refractivity contribution in [3.8, 4) is 11.3 Å². The number of esters is 1. The summed E-state index contributed by atoms with van der Waals surface area (Å²) in [4.78, 5) is 18.4. The van der Waals surface area contributed by atoms with Crippen molar-refractivity contribution in [2.24, 2.45) is 0 Å². The maximum absolute atomic E-state index is 11.1. The number of carbonyl (C=O) groups is 1. The zero-order chi connectivity index (χ0) is 12.3. The summed E-state index contributed by atoms with van der Waals surface area (Å²) >= 11 is 0. The number of aromatic nitrogens is 2. The van der Waals surface area contributed by atoms with Gasteiger partial charge in [0.25, 0.3) is 0 Å². The van der Waals surface area contributed by atoms with E-state index in [9.17, 15) is 4.79 Å². The predicted octanol–water partition coefficient (Wildman–Crippen LogP) is 2.10. The first kappa shape index (κ1) is 11.4. The molecular weight excluding hydrogens is 216 g/mol. The van der Waals surface area contributed by atoms with Gasteiger partial charge in [0.2, 0.25) is 0 Å². The molecule has 0 aliphatic heterocycles. The van der Waals surface area contributed by atoms with E-state index in [1.807, 2.05) is 31.2 Å². The monoisotopic (exact) mass is 230 g/mol. The van der Waals surface area contributed by atoms with E-state index < -0.39 is 0 Å². The molecule has 1 aromatic carbocycles. The first-order chi connectivity index (χ1) is 8.20. The second-order valence-corrected chi connectivity index (χ2v) is 3.81. The number of rotatable bonds is 3. The molecule has 0 aliphatic carbocycles. The van der Waals surface area contributed by atoms with Crippen LogP contribution in [-0.2, 0) is 16.0 Å². The second kappa shape index (κ2) is 4.82. The second-order valence-electron chi connectivity index (χ2n) is 3.81. The number of hydrogen-bond donors (Lipinski definition) is 1. The number of H-pyrrole nitrogens is 1. The third-order valence-electron chi connectivity index (χ3n) is 2.60. The lowest BCUT2D eigenvalue weighted by molar-refractivity contribution is -0.139. The van der Waals surface area contributed by atoms with Crippen molar-refractivity contribution >= 4 is 5.97 Å². The third-order valence-corrected chi connectivity index (χ3v) is 2.60. The Bertz CT molecular complexity index is 532. The summed E-state index contributed by atoms with van der Waals surface area (Å²) in [5, 5.41) is 0.